The number of fused-ring (bicyclic) bond motifs is 4. The van der Waals surface area contributed by atoms with Crippen LogP contribution in [0.5, 0.6) is 0 Å². The predicted octanol–water partition coefficient (Wildman–Crippen LogP) is 4.79. The number of nitrogens with zero attached hydrogens (tertiary/aromatic N) is 1. The predicted molar refractivity (Wildman–Crippen MR) is 90.8 cm³/mol. The zero-order valence-electron chi connectivity index (χ0n) is 12.9. The van der Waals surface area contributed by atoms with Crippen LogP contribution in [0.3, 0.4) is 0 Å². The SMILES string of the molecule is CC(C)(C)OC=O.ClCc1cc2c3c(c1)c1ccccc1n3-2. The zero-order valence-corrected chi connectivity index (χ0v) is 13.6. The molecule has 0 saturated heterocycles. The number of carbonyl (C=O) groups excluding carboxylic acids is 1. The van der Waals surface area contributed by atoms with Gasteiger partial charge in [-0.15, -0.1) is 11.6 Å². The third-order valence-electron chi connectivity index (χ3n) is 3.56. The summed E-state index contributed by atoms with van der Waals surface area (Å²) >= 11 is 5.87. The van der Waals surface area contributed by atoms with E-state index in [4.69, 9.17) is 11.6 Å². The van der Waals surface area contributed by atoms with Crippen molar-refractivity contribution in [3.05, 3.63) is 42.0 Å². The number of ether oxygens (including phenoxy) is 1. The van der Waals surface area contributed by atoms with Crippen molar-refractivity contribution in [1.82, 2.24) is 4.57 Å². The van der Waals surface area contributed by atoms with E-state index in [0.717, 1.165) is 0 Å². The Labute approximate surface area is 134 Å². The molecule has 4 heteroatoms. The van der Waals surface area contributed by atoms with Crippen molar-refractivity contribution < 1.29 is 9.53 Å². The monoisotopic (exact) mass is 315 g/mol. The van der Waals surface area contributed by atoms with Crippen molar-refractivity contribution in [3.8, 4) is 5.69 Å². The summed E-state index contributed by atoms with van der Waals surface area (Å²) in [6.45, 7) is 5.92. The van der Waals surface area contributed by atoms with Crippen LogP contribution in [0.4, 0.5) is 0 Å². The third kappa shape index (κ3) is 2.57. The van der Waals surface area contributed by atoms with Gasteiger partial charge in [-0.2, -0.15) is 0 Å². The lowest BCUT2D eigenvalue weighted by molar-refractivity contribution is -0.138. The number of aromatic nitrogens is 1. The number of para-hydroxylation sites is 1. The van der Waals surface area contributed by atoms with Crippen molar-refractivity contribution in [2.45, 2.75) is 32.3 Å². The molecular formula is C18H18ClNO2. The largest absolute Gasteiger partial charge is 0.462 e. The number of hydrogen-bond acceptors (Lipinski definition) is 2. The van der Waals surface area contributed by atoms with Crippen molar-refractivity contribution >= 4 is 39.9 Å². The van der Waals surface area contributed by atoms with Gasteiger partial charge in [-0.05, 0) is 44.5 Å². The van der Waals surface area contributed by atoms with Crippen LogP contribution in [0, 0.1) is 0 Å². The van der Waals surface area contributed by atoms with E-state index in [2.05, 4.69) is 45.7 Å². The first kappa shape index (κ1) is 14.9. The van der Waals surface area contributed by atoms with Gasteiger partial charge in [0, 0.05) is 16.7 Å². The highest BCUT2D eigenvalue weighted by molar-refractivity contribution is 6.20. The molecule has 114 valence electrons. The van der Waals surface area contributed by atoms with E-state index in [1.54, 1.807) is 0 Å². The maximum atomic E-state index is 9.60. The van der Waals surface area contributed by atoms with Gasteiger partial charge in [0.2, 0.25) is 0 Å². The molecule has 1 aromatic heterocycles. The van der Waals surface area contributed by atoms with Crippen molar-refractivity contribution in [2.75, 3.05) is 0 Å². The van der Waals surface area contributed by atoms with Gasteiger partial charge in [0.1, 0.15) is 5.60 Å². The molecule has 2 heterocycles. The van der Waals surface area contributed by atoms with E-state index in [9.17, 15) is 4.79 Å². The van der Waals surface area contributed by atoms with Crippen molar-refractivity contribution in [2.24, 2.45) is 0 Å². The number of pyridine rings is 1. The Morgan fingerprint density at radius 1 is 1.18 bits per heavy atom. The number of carbonyl (C=O) groups is 1. The maximum Gasteiger partial charge on any atom is 0.293 e. The first-order valence-corrected chi connectivity index (χ1v) is 7.73. The van der Waals surface area contributed by atoms with E-state index in [1.165, 1.54) is 33.1 Å². The van der Waals surface area contributed by atoms with E-state index >= 15 is 0 Å². The normalized spacial score (nSPS) is 12.0. The van der Waals surface area contributed by atoms with Crippen LogP contribution in [-0.2, 0) is 15.4 Å². The third-order valence-corrected chi connectivity index (χ3v) is 3.86. The summed E-state index contributed by atoms with van der Waals surface area (Å²) in [5.41, 5.74) is 4.93. The fraction of sp³-hybridized carbons (Fsp3) is 0.278. The van der Waals surface area contributed by atoms with E-state index in [0.29, 0.717) is 12.4 Å². The number of benzene rings is 2. The average Bonchev–Trinajstić information content (AvgIpc) is 3.09. The molecule has 0 radical (unpaired) electrons. The molecule has 0 unspecified atom stereocenters. The number of halogens is 1. The lowest BCUT2D eigenvalue weighted by Gasteiger charge is -2.14. The molecule has 3 nitrogen and oxygen atoms in total. The van der Waals surface area contributed by atoms with Gasteiger partial charge in [0.05, 0.1) is 16.7 Å². The first-order chi connectivity index (χ1) is 10.5. The Morgan fingerprint density at radius 2 is 1.91 bits per heavy atom. The Morgan fingerprint density at radius 3 is 2.50 bits per heavy atom. The van der Waals surface area contributed by atoms with Gasteiger partial charge < -0.3 is 9.30 Å². The molecule has 1 aliphatic heterocycles. The van der Waals surface area contributed by atoms with Crippen LogP contribution < -0.4 is 0 Å². The lowest BCUT2D eigenvalue weighted by Crippen LogP contribution is -2.17. The Kier molecular flexibility index (Phi) is 3.61. The Bertz CT molecular complexity index is 859. The molecule has 0 amide bonds. The second kappa shape index (κ2) is 5.33. The van der Waals surface area contributed by atoms with Gasteiger partial charge in [-0.1, -0.05) is 18.2 Å². The molecule has 3 aromatic rings. The fourth-order valence-electron chi connectivity index (χ4n) is 2.61. The molecule has 2 aromatic carbocycles. The smallest absolute Gasteiger partial charge is 0.293 e. The molecule has 4 rings (SSSR count). The van der Waals surface area contributed by atoms with Gasteiger partial charge >= 0.3 is 0 Å². The first-order valence-electron chi connectivity index (χ1n) is 7.20. The quantitative estimate of drug-likeness (QED) is 0.393. The van der Waals surface area contributed by atoms with Gasteiger partial charge in [0.25, 0.3) is 6.47 Å². The molecule has 22 heavy (non-hydrogen) atoms. The zero-order chi connectivity index (χ0) is 15.9. The standard InChI is InChI=1S/C13H8ClN.C5H10O2/c14-7-8-5-10-9-3-1-2-4-11(9)15-12(6-8)13(10)15;1-5(2,3)7-4-6/h1-6H,7H2;4H,1-3H3. The van der Waals surface area contributed by atoms with E-state index < -0.39 is 0 Å². The summed E-state index contributed by atoms with van der Waals surface area (Å²) in [7, 11) is 0. The number of rotatable bonds is 2. The molecule has 0 N–H and O–H groups in total. The summed E-state index contributed by atoms with van der Waals surface area (Å²) in [6.07, 6.45) is 0. The second-order valence-corrected chi connectivity index (χ2v) is 6.59. The van der Waals surface area contributed by atoms with Gasteiger partial charge in [0.15, 0.2) is 0 Å². The molecular weight excluding hydrogens is 298 g/mol. The van der Waals surface area contributed by atoms with E-state index in [-0.39, 0.29) is 5.60 Å². The minimum Gasteiger partial charge on any atom is -0.462 e. The van der Waals surface area contributed by atoms with Gasteiger partial charge in [-0.3, -0.25) is 4.79 Å². The molecule has 0 spiro atoms. The Balaban J connectivity index is 0.000000178. The molecule has 0 atom stereocenters. The highest BCUT2D eigenvalue weighted by Crippen LogP contribution is 2.45. The van der Waals surface area contributed by atoms with Crippen LogP contribution in [0.15, 0.2) is 36.4 Å². The molecule has 0 aliphatic carbocycles. The molecule has 0 fully saturated rings. The van der Waals surface area contributed by atoms with Crippen LogP contribution in [-0.4, -0.2) is 16.6 Å². The second-order valence-electron chi connectivity index (χ2n) is 6.32. The molecule has 1 aliphatic rings. The highest BCUT2D eigenvalue weighted by Gasteiger charge is 2.26. The van der Waals surface area contributed by atoms with Gasteiger partial charge in [-0.25, -0.2) is 0 Å². The summed E-state index contributed by atoms with van der Waals surface area (Å²) in [6, 6.07) is 12.9. The number of hydrogen-bond donors (Lipinski definition) is 0. The minimum atomic E-state index is -0.318. The summed E-state index contributed by atoms with van der Waals surface area (Å²) in [5.74, 6) is 0.594. The summed E-state index contributed by atoms with van der Waals surface area (Å²) < 4.78 is 6.85. The van der Waals surface area contributed by atoms with Crippen LogP contribution >= 0.6 is 11.6 Å². The topological polar surface area (TPSA) is 31.2 Å². The summed E-state index contributed by atoms with van der Waals surface area (Å²) in [4.78, 5) is 9.60. The molecule has 0 saturated carbocycles. The summed E-state index contributed by atoms with van der Waals surface area (Å²) in [5, 5.41) is 2.69. The average molecular weight is 316 g/mol. The van der Waals surface area contributed by atoms with Crippen LogP contribution in [0.1, 0.15) is 26.3 Å². The molecule has 0 bridgehead atoms. The van der Waals surface area contributed by atoms with Crippen molar-refractivity contribution in [1.29, 1.82) is 0 Å². The highest BCUT2D eigenvalue weighted by atomic mass is 35.5. The number of alkyl halides is 1. The minimum absolute atomic E-state index is 0.318. The van der Waals surface area contributed by atoms with Crippen molar-refractivity contribution in [3.63, 3.8) is 0 Å². The maximum absolute atomic E-state index is 9.60. The van der Waals surface area contributed by atoms with E-state index in [1.807, 2.05) is 20.8 Å². The Hall–Kier alpha value is -2.00. The fourth-order valence-corrected chi connectivity index (χ4v) is 2.77. The van der Waals surface area contributed by atoms with Crippen LogP contribution in [0.25, 0.3) is 27.5 Å². The van der Waals surface area contributed by atoms with Crippen LogP contribution in [0.2, 0.25) is 0 Å². The lowest BCUT2D eigenvalue weighted by atomic mass is 10.1.